The predicted octanol–water partition coefficient (Wildman–Crippen LogP) is -0.643. The molecule has 6 atom stereocenters. The van der Waals surface area contributed by atoms with Gasteiger partial charge in [0.1, 0.15) is 6.10 Å². The molecule has 1 saturated heterocycles. The highest BCUT2D eigenvalue weighted by molar-refractivity contribution is 7.67. The summed E-state index contributed by atoms with van der Waals surface area (Å²) in [4.78, 5) is 81.9. The van der Waals surface area contributed by atoms with Gasteiger partial charge in [0.2, 0.25) is 0 Å². The van der Waals surface area contributed by atoms with Crippen molar-refractivity contribution in [2.24, 2.45) is 0 Å². The standard InChI is InChI=1S/C5H14O22P6/c6-5-1-3(23-31(15,16)27-33(19,20)25-29(10,11)12)4(22-5)2-21-30(13,14)26-32(17,18)24-28(7,8)9/h3-4H,1-2H2,(H,13,14)(H,15,16)(H,17,18)(H,19,20)(H2,7,8,9)(H2,10,11,12)/t3-,4+/m0/s1. The number of esters is 1. The summed E-state index contributed by atoms with van der Waals surface area (Å²) in [5.41, 5.74) is 0. The molecule has 196 valence electrons. The van der Waals surface area contributed by atoms with E-state index in [9.17, 15) is 42.0 Å². The molecule has 1 rings (SSSR count). The van der Waals surface area contributed by atoms with Crippen LogP contribution in [0, 0.1) is 0 Å². The molecule has 22 nitrogen and oxygen atoms in total. The number of carbonyl (C=O) groups excluding carboxylic acids is 1. The van der Waals surface area contributed by atoms with Crippen molar-refractivity contribution in [1.29, 1.82) is 0 Å². The third-order valence-electron chi connectivity index (χ3n) is 2.57. The molecule has 0 radical (unpaired) electrons. The van der Waals surface area contributed by atoms with Crippen LogP contribution in [0.25, 0.3) is 0 Å². The quantitative estimate of drug-likeness (QED) is 0.0946. The maximum atomic E-state index is 11.8. The zero-order valence-corrected chi connectivity index (χ0v) is 20.4. The molecule has 4 unspecified atom stereocenters. The first-order valence-electron chi connectivity index (χ1n) is 7.19. The molecule has 0 aromatic heterocycles. The van der Waals surface area contributed by atoms with Gasteiger partial charge in [-0.1, -0.05) is 0 Å². The van der Waals surface area contributed by atoms with E-state index in [0.717, 1.165) is 0 Å². The lowest BCUT2D eigenvalue weighted by molar-refractivity contribution is -0.143. The first-order valence-corrected chi connectivity index (χ1v) is 16.2. The number of hydrogen-bond acceptors (Lipinski definition) is 14. The summed E-state index contributed by atoms with van der Waals surface area (Å²) in [7, 11) is -34.6. The molecule has 1 fully saturated rings. The number of phosphoric acid groups is 6. The second-order valence-corrected chi connectivity index (χ2v) is 14.1. The molecule has 8 N–H and O–H groups in total. The minimum absolute atomic E-state index is 0.923. The molecule has 28 heteroatoms. The topological polar surface area (TPSA) is 346 Å². The summed E-state index contributed by atoms with van der Waals surface area (Å²) >= 11 is 0. The van der Waals surface area contributed by atoms with Crippen molar-refractivity contribution < 1.29 is 102 Å². The molecular weight excluding hydrogens is 598 g/mol. The maximum absolute atomic E-state index is 11.8. The van der Waals surface area contributed by atoms with Gasteiger partial charge in [0.15, 0.2) is 6.10 Å². The largest absolute Gasteiger partial charge is 0.490 e. The van der Waals surface area contributed by atoms with Crippen molar-refractivity contribution in [3.63, 3.8) is 0 Å². The Bertz CT molecular complexity index is 1020. The Hall–Kier alpha value is 0.290. The molecule has 1 aliphatic rings. The highest BCUT2D eigenvalue weighted by Crippen LogP contribution is 2.68. The highest BCUT2D eigenvalue weighted by Gasteiger charge is 2.47. The summed E-state index contributed by atoms with van der Waals surface area (Å²) < 4.78 is 93.7. The monoisotopic (exact) mass is 612 g/mol. The Kier molecular flexibility index (Phi) is 10.2. The van der Waals surface area contributed by atoms with Gasteiger partial charge in [-0.25, -0.2) is 27.4 Å². The maximum Gasteiger partial charge on any atom is 0.490 e. The lowest BCUT2D eigenvalue weighted by Gasteiger charge is -2.22. The lowest BCUT2D eigenvalue weighted by atomic mass is 10.2. The molecule has 0 aromatic rings. The van der Waals surface area contributed by atoms with E-state index in [1.807, 2.05) is 0 Å². The zero-order valence-electron chi connectivity index (χ0n) is 15.0. The fourth-order valence-electron chi connectivity index (χ4n) is 1.78. The number of hydrogen-bond donors (Lipinski definition) is 8. The van der Waals surface area contributed by atoms with Crippen LogP contribution in [0.15, 0.2) is 0 Å². The summed E-state index contributed by atoms with van der Waals surface area (Å²) in [6.45, 7) is -1.32. The summed E-state index contributed by atoms with van der Waals surface area (Å²) in [5.74, 6) is -1.21. The molecule has 0 aromatic carbocycles. The van der Waals surface area contributed by atoms with Gasteiger partial charge in [-0.2, -0.15) is 17.2 Å². The fourth-order valence-corrected chi connectivity index (χ4v) is 8.02. The van der Waals surface area contributed by atoms with Gasteiger partial charge >= 0.3 is 52.9 Å². The van der Waals surface area contributed by atoms with E-state index in [-0.39, 0.29) is 0 Å². The van der Waals surface area contributed by atoms with Crippen LogP contribution in [0.3, 0.4) is 0 Å². The Morgan fingerprint density at radius 2 is 1.12 bits per heavy atom. The van der Waals surface area contributed by atoms with Crippen molar-refractivity contribution in [3.05, 3.63) is 0 Å². The SMILES string of the molecule is O=C1C[C@H](OP(=O)(O)OP(=O)(O)OP(=O)(O)O)[C@@H](COP(=O)(O)OP(=O)(O)OP(=O)(O)O)O1. The van der Waals surface area contributed by atoms with E-state index in [2.05, 4.69) is 31.0 Å². The number of ether oxygens (including phenoxy) is 1. The first kappa shape index (κ1) is 31.3. The van der Waals surface area contributed by atoms with Gasteiger partial charge in [0.05, 0.1) is 13.0 Å². The molecular formula is C5H14O22P6. The number of cyclic esters (lactones) is 1. The van der Waals surface area contributed by atoms with Crippen LogP contribution in [0.2, 0.25) is 0 Å². The smallest absolute Gasteiger partial charge is 0.457 e. The van der Waals surface area contributed by atoms with E-state index in [4.69, 9.17) is 29.4 Å². The second-order valence-electron chi connectivity index (χ2n) is 5.35. The third-order valence-corrected chi connectivity index (χ3v) is 10.2. The molecule has 0 bridgehead atoms. The summed E-state index contributed by atoms with van der Waals surface area (Å²) in [6, 6.07) is 0. The second kappa shape index (κ2) is 10.7. The minimum Gasteiger partial charge on any atom is -0.457 e. The van der Waals surface area contributed by atoms with E-state index in [1.165, 1.54) is 0 Å². The predicted molar refractivity (Wildman–Crippen MR) is 93.1 cm³/mol. The average Bonchev–Trinajstić information content (AvgIpc) is 2.75. The van der Waals surface area contributed by atoms with Crippen molar-refractivity contribution in [2.75, 3.05) is 6.61 Å². The molecule has 0 spiro atoms. The number of rotatable bonds is 13. The van der Waals surface area contributed by atoms with Crippen molar-refractivity contribution in [1.82, 2.24) is 0 Å². The van der Waals surface area contributed by atoms with Crippen LogP contribution in [0.1, 0.15) is 6.42 Å². The minimum atomic E-state index is -5.91. The lowest BCUT2D eigenvalue weighted by Crippen LogP contribution is -2.28. The fraction of sp³-hybridized carbons (Fsp3) is 0.800. The van der Waals surface area contributed by atoms with Crippen LogP contribution in [0.4, 0.5) is 0 Å². The van der Waals surface area contributed by atoms with Crippen LogP contribution in [-0.2, 0) is 63.2 Å². The van der Waals surface area contributed by atoms with Crippen LogP contribution >= 0.6 is 46.9 Å². The number of carbonyl (C=O) groups is 1. The number of phosphoric ester groups is 2. The normalized spacial score (nSPS) is 27.1. The van der Waals surface area contributed by atoms with E-state index >= 15 is 0 Å². The third kappa shape index (κ3) is 13.2. The van der Waals surface area contributed by atoms with Crippen molar-refractivity contribution >= 4 is 52.9 Å². The molecule has 33 heavy (non-hydrogen) atoms. The van der Waals surface area contributed by atoms with E-state index in [1.54, 1.807) is 0 Å². The molecule has 0 aliphatic carbocycles. The molecule has 0 amide bonds. The molecule has 1 heterocycles. The Labute approximate surface area is 181 Å². The van der Waals surface area contributed by atoms with Gasteiger partial charge in [-0.3, -0.25) is 13.8 Å². The molecule has 1 aliphatic heterocycles. The summed E-state index contributed by atoms with van der Waals surface area (Å²) in [5, 5.41) is 0. The zero-order chi connectivity index (χ0) is 26.1. The van der Waals surface area contributed by atoms with E-state index < -0.39 is 78.1 Å². The Morgan fingerprint density at radius 3 is 1.55 bits per heavy atom. The Morgan fingerprint density at radius 1 is 0.697 bits per heavy atom. The summed E-state index contributed by atoms with van der Waals surface area (Å²) in [6.07, 6.45) is -4.80. The van der Waals surface area contributed by atoms with Gasteiger partial charge < -0.3 is 43.9 Å². The van der Waals surface area contributed by atoms with Crippen LogP contribution < -0.4 is 0 Å². The van der Waals surface area contributed by atoms with Gasteiger partial charge in [-0.15, -0.1) is 0 Å². The van der Waals surface area contributed by atoms with Crippen LogP contribution in [-0.4, -0.2) is 63.9 Å². The average molecular weight is 612 g/mol. The van der Waals surface area contributed by atoms with Gasteiger partial charge in [0, 0.05) is 0 Å². The van der Waals surface area contributed by atoms with Crippen LogP contribution in [0.5, 0.6) is 0 Å². The first-order chi connectivity index (χ1) is 14.4. The highest BCUT2D eigenvalue weighted by atomic mass is 31.3. The van der Waals surface area contributed by atoms with E-state index in [0.29, 0.717) is 0 Å². The van der Waals surface area contributed by atoms with Crippen molar-refractivity contribution in [3.8, 4) is 0 Å². The Balaban J connectivity index is 2.83. The molecule has 0 saturated carbocycles. The van der Waals surface area contributed by atoms with Crippen molar-refractivity contribution in [2.45, 2.75) is 18.6 Å². The van der Waals surface area contributed by atoms with Gasteiger partial charge in [-0.05, 0) is 0 Å². The van der Waals surface area contributed by atoms with Gasteiger partial charge in [0.25, 0.3) is 0 Å².